The maximum atomic E-state index is 4.07. The summed E-state index contributed by atoms with van der Waals surface area (Å²) >= 11 is 0. The van der Waals surface area contributed by atoms with Gasteiger partial charge in [-0.15, -0.1) is 0 Å². The molecular weight excluding hydrogens is 210 g/mol. The number of hydrogen-bond donors (Lipinski definition) is 1. The molecule has 0 aliphatic heterocycles. The van der Waals surface area contributed by atoms with Crippen molar-refractivity contribution in [1.29, 1.82) is 0 Å². The second-order valence-electron chi connectivity index (χ2n) is 4.88. The van der Waals surface area contributed by atoms with Crippen molar-refractivity contribution >= 4 is 0 Å². The third kappa shape index (κ3) is 3.05. The fourth-order valence-electron chi connectivity index (χ4n) is 2.72. The molecule has 0 aromatic carbocycles. The minimum atomic E-state index is 0.764. The lowest BCUT2D eigenvalue weighted by molar-refractivity contribution is 0.0609. The molecule has 0 saturated heterocycles. The van der Waals surface area contributed by atoms with Crippen LogP contribution in [0.5, 0.6) is 0 Å². The van der Waals surface area contributed by atoms with E-state index in [1.54, 1.807) is 0 Å². The van der Waals surface area contributed by atoms with E-state index in [0.29, 0.717) is 0 Å². The smallest absolute Gasteiger partial charge is 0.0271 e. The Balaban J connectivity index is 1.93. The predicted octanol–water partition coefficient (Wildman–Crippen LogP) is 1.90. The Kier molecular flexibility index (Phi) is 4.51. The second kappa shape index (κ2) is 6.12. The van der Waals surface area contributed by atoms with Gasteiger partial charge in [0, 0.05) is 25.0 Å². The predicted molar refractivity (Wildman–Crippen MR) is 70.8 cm³/mol. The van der Waals surface area contributed by atoms with Crippen LogP contribution in [-0.2, 0) is 6.54 Å². The van der Waals surface area contributed by atoms with Crippen molar-refractivity contribution in [3.8, 4) is 0 Å². The Labute approximate surface area is 104 Å². The molecule has 94 valence electrons. The van der Waals surface area contributed by atoms with E-state index in [-0.39, 0.29) is 0 Å². The number of hydrogen-bond acceptors (Lipinski definition) is 3. The van der Waals surface area contributed by atoms with Crippen molar-refractivity contribution in [3.05, 3.63) is 30.1 Å². The molecule has 3 nitrogen and oxygen atoms in total. The third-order valence-electron chi connectivity index (χ3n) is 3.85. The molecule has 0 amide bonds. The Morgan fingerprint density at radius 3 is 2.65 bits per heavy atom. The van der Waals surface area contributed by atoms with E-state index in [1.807, 2.05) is 12.4 Å². The number of nitrogens with one attached hydrogen (secondary N) is 1. The van der Waals surface area contributed by atoms with E-state index < -0.39 is 0 Å². The second-order valence-corrected chi connectivity index (χ2v) is 4.88. The maximum Gasteiger partial charge on any atom is 0.0271 e. The Hall–Kier alpha value is -0.930. The lowest BCUT2D eigenvalue weighted by Crippen LogP contribution is -2.49. The zero-order chi connectivity index (χ0) is 12.1. The molecule has 1 heterocycles. The summed E-state index contributed by atoms with van der Waals surface area (Å²) < 4.78 is 0. The van der Waals surface area contributed by atoms with E-state index in [4.69, 9.17) is 0 Å². The van der Waals surface area contributed by atoms with E-state index in [0.717, 1.165) is 31.6 Å². The first-order valence-corrected chi connectivity index (χ1v) is 6.62. The molecule has 17 heavy (non-hydrogen) atoms. The largest absolute Gasteiger partial charge is 0.319 e. The van der Waals surface area contributed by atoms with Gasteiger partial charge in [0.05, 0.1) is 0 Å². The molecule has 1 fully saturated rings. The summed E-state index contributed by atoms with van der Waals surface area (Å²) in [5.74, 6) is 0.835. The lowest BCUT2D eigenvalue weighted by Gasteiger charge is -2.44. The Bertz CT molecular complexity index is 325. The summed E-state index contributed by atoms with van der Waals surface area (Å²) in [6.45, 7) is 5.60. The molecule has 0 radical (unpaired) electrons. The molecule has 3 heteroatoms. The van der Waals surface area contributed by atoms with Gasteiger partial charge < -0.3 is 5.32 Å². The number of nitrogens with zero attached hydrogens (tertiary/aromatic N) is 2. The molecule has 1 saturated carbocycles. The maximum absolute atomic E-state index is 4.07. The van der Waals surface area contributed by atoms with Crippen LogP contribution < -0.4 is 5.32 Å². The fraction of sp³-hybridized carbons (Fsp3) is 0.643. The fourth-order valence-corrected chi connectivity index (χ4v) is 2.72. The standard InChI is InChI=1S/C14H23N3/c1-3-17(11-12-6-8-16-9-7-12)14-5-4-13(14)10-15-2/h6-9,13-15H,3-5,10-11H2,1-2H3. The first-order valence-electron chi connectivity index (χ1n) is 6.62. The van der Waals surface area contributed by atoms with Crippen LogP contribution in [0.15, 0.2) is 24.5 Å². The van der Waals surface area contributed by atoms with Crippen LogP contribution in [-0.4, -0.2) is 36.1 Å². The quantitative estimate of drug-likeness (QED) is 0.813. The summed E-state index contributed by atoms with van der Waals surface area (Å²) in [6.07, 6.45) is 6.49. The molecule has 1 aromatic rings. The minimum absolute atomic E-state index is 0.764. The van der Waals surface area contributed by atoms with Crippen molar-refractivity contribution in [2.75, 3.05) is 20.1 Å². The van der Waals surface area contributed by atoms with Crippen LogP contribution in [0.4, 0.5) is 0 Å². The summed E-state index contributed by atoms with van der Waals surface area (Å²) in [5, 5.41) is 3.31. The SMILES string of the molecule is CCN(Cc1ccncc1)C1CCC1CNC. The molecule has 1 N–H and O–H groups in total. The van der Waals surface area contributed by atoms with Crippen LogP contribution in [0.2, 0.25) is 0 Å². The molecule has 2 atom stereocenters. The molecular formula is C14H23N3. The van der Waals surface area contributed by atoms with Gasteiger partial charge in [-0.05, 0) is 56.6 Å². The van der Waals surface area contributed by atoms with Gasteiger partial charge in [0.25, 0.3) is 0 Å². The summed E-state index contributed by atoms with van der Waals surface area (Å²) in [7, 11) is 2.05. The Morgan fingerprint density at radius 1 is 1.35 bits per heavy atom. The molecule has 1 aliphatic rings. The van der Waals surface area contributed by atoms with Gasteiger partial charge in [-0.1, -0.05) is 6.92 Å². The van der Waals surface area contributed by atoms with Gasteiger partial charge in [-0.2, -0.15) is 0 Å². The molecule has 1 aliphatic carbocycles. The van der Waals surface area contributed by atoms with Crippen molar-refractivity contribution in [2.24, 2.45) is 5.92 Å². The number of rotatable bonds is 6. The first kappa shape index (κ1) is 12.5. The average Bonchev–Trinajstić information content (AvgIpc) is 2.35. The van der Waals surface area contributed by atoms with Crippen LogP contribution in [0.3, 0.4) is 0 Å². The Morgan fingerprint density at radius 2 is 2.12 bits per heavy atom. The van der Waals surface area contributed by atoms with Crippen molar-refractivity contribution in [3.63, 3.8) is 0 Å². The molecule has 1 aromatic heterocycles. The third-order valence-corrected chi connectivity index (χ3v) is 3.85. The molecule has 2 rings (SSSR count). The summed E-state index contributed by atoms with van der Waals surface area (Å²) in [6, 6.07) is 5.00. The monoisotopic (exact) mass is 233 g/mol. The zero-order valence-electron chi connectivity index (χ0n) is 10.9. The van der Waals surface area contributed by atoms with Crippen LogP contribution in [0.1, 0.15) is 25.3 Å². The highest BCUT2D eigenvalue weighted by molar-refractivity contribution is 5.10. The average molecular weight is 233 g/mol. The van der Waals surface area contributed by atoms with Gasteiger partial charge in [0.15, 0.2) is 0 Å². The van der Waals surface area contributed by atoms with E-state index in [1.165, 1.54) is 18.4 Å². The normalized spacial score (nSPS) is 23.7. The van der Waals surface area contributed by atoms with Crippen LogP contribution >= 0.6 is 0 Å². The van der Waals surface area contributed by atoms with Crippen LogP contribution in [0, 0.1) is 5.92 Å². The van der Waals surface area contributed by atoms with Crippen molar-refractivity contribution < 1.29 is 0 Å². The lowest BCUT2D eigenvalue weighted by atomic mass is 9.78. The van der Waals surface area contributed by atoms with Crippen molar-refractivity contribution in [2.45, 2.75) is 32.4 Å². The highest BCUT2D eigenvalue weighted by Gasteiger charge is 2.33. The number of pyridine rings is 1. The van der Waals surface area contributed by atoms with E-state index in [2.05, 4.69) is 41.3 Å². The minimum Gasteiger partial charge on any atom is -0.319 e. The van der Waals surface area contributed by atoms with Gasteiger partial charge in [-0.3, -0.25) is 9.88 Å². The van der Waals surface area contributed by atoms with Crippen LogP contribution in [0.25, 0.3) is 0 Å². The summed E-state index contributed by atoms with van der Waals surface area (Å²) in [4.78, 5) is 6.67. The highest BCUT2D eigenvalue weighted by atomic mass is 15.2. The van der Waals surface area contributed by atoms with Gasteiger partial charge >= 0.3 is 0 Å². The topological polar surface area (TPSA) is 28.2 Å². The van der Waals surface area contributed by atoms with E-state index >= 15 is 0 Å². The number of aromatic nitrogens is 1. The summed E-state index contributed by atoms with van der Waals surface area (Å²) in [5.41, 5.74) is 1.37. The first-order chi connectivity index (χ1) is 8.35. The molecule has 0 spiro atoms. The molecule has 0 bridgehead atoms. The van der Waals surface area contributed by atoms with E-state index in [9.17, 15) is 0 Å². The van der Waals surface area contributed by atoms with Gasteiger partial charge in [0.2, 0.25) is 0 Å². The van der Waals surface area contributed by atoms with Gasteiger partial charge in [-0.25, -0.2) is 0 Å². The zero-order valence-corrected chi connectivity index (χ0v) is 10.9. The highest BCUT2D eigenvalue weighted by Crippen LogP contribution is 2.32. The van der Waals surface area contributed by atoms with Crippen molar-refractivity contribution in [1.82, 2.24) is 15.2 Å². The molecule has 2 unspecified atom stereocenters. The van der Waals surface area contributed by atoms with Gasteiger partial charge in [0.1, 0.15) is 0 Å².